The van der Waals surface area contributed by atoms with Crippen LogP contribution in [0.3, 0.4) is 0 Å². The van der Waals surface area contributed by atoms with Crippen molar-refractivity contribution in [3.05, 3.63) is 42.6 Å². The van der Waals surface area contributed by atoms with Gasteiger partial charge in [0.25, 0.3) is 0 Å². The molecule has 0 saturated carbocycles. The molecule has 1 atom stereocenters. The molecular weight excluding hydrogens is 254 g/mol. The van der Waals surface area contributed by atoms with E-state index in [0.717, 1.165) is 5.52 Å². The minimum Gasteiger partial charge on any atom is -0.386 e. The average molecular weight is 267 g/mol. The molecule has 2 rings (SSSR count). The zero-order valence-corrected chi connectivity index (χ0v) is 9.89. The van der Waals surface area contributed by atoms with Crippen molar-refractivity contribution in [1.82, 2.24) is 0 Å². The summed E-state index contributed by atoms with van der Waals surface area (Å²) in [5.74, 6) is 0. The van der Waals surface area contributed by atoms with Crippen LogP contribution < -0.4 is 4.57 Å². The van der Waals surface area contributed by atoms with Crippen LogP contribution in [0.25, 0.3) is 10.9 Å². The number of rotatable bonds is 3. The van der Waals surface area contributed by atoms with Gasteiger partial charge in [-0.1, -0.05) is 28.1 Å². The molecule has 3 heteroatoms. The molecule has 2 nitrogen and oxygen atoms in total. The fourth-order valence-electron chi connectivity index (χ4n) is 1.66. The summed E-state index contributed by atoms with van der Waals surface area (Å²) in [7, 11) is 0. The highest BCUT2D eigenvalue weighted by Crippen LogP contribution is 2.08. The summed E-state index contributed by atoms with van der Waals surface area (Å²) in [4.78, 5) is 0. The Labute approximate surface area is 97.3 Å². The quantitative estimate of drug-likeness (QED) is 0.666. The lowest BCUT2D eigenvalue weighted by Crippen LogP contribution is -2.40. The van der Waals surface area contributed by atoms with E-state index in [0.29, 0.717) is 11.9 Å². The lowest BCUT2D eigenvalue weighted by Gasteiger charge is -2.04. The van der Waals surface area contributed by atoms with Gasteiger partial charge in [-0.3, -0.25) is 0 Å². The molecule has 0 aliphatic rings. The van der Waals surface area contributed by atoms with E-state index in [-0.39, 0.29) is 6.10 Å². The summed E-state index contributed by atoms with van der Waals surface area (Å²) in [6.45, 7) is 0.618. The maximum Gasteiger partial charge on any atom is 0.212 e. The predicted molar refractivity (Wildman–Crippen MR) is 63.9 cm³/mol. The maximum absolute atomic E-state index is 9.60. The van der Waals surface area contributed by atoms with Crippen LogP contribution >= 0.6 is 15.9 Å². The molecule has 0 radical (unpaired) electrons. The molecule has 15 heavy (non-hydrogen) atoms. The Kier molecular flexibility index (Phi) is 3.34. The van der Waals surface area contributed by atoms with E-state index in [1.54, 1.807) is 0 Å². The topological polar surface area (TPSA) is 24.1 Å². The Morgan fingerprint density at radius 3 is 2.73 bits per heavy atom. The Morgan fingerprint density at radius 2 is 1.93 bits per heavy atom. The van der Waals surface area contributed by atoms with Gasteiger partial charge in [-0.15, -0.1) is 0 Å². The smallest absolute Gasteiger partial charge is 0.212 e. The third kappa shape index (κ3) is 2.36. The number of fused-ring (bicyclic) bond motifs is 1. The van der Waals surface area contributed by atoms with E-state index in [2.05, 4.69) is 38.7 Å². The van der Waals surface area contributed by atoms with Crippen LogP contribution in [0.4, 0.5) is 0 Å². The fraction of sp³-hybridized carbons (Fsp3) is 0.250. The van der Waals surface area contributed by atoms with Gasteiger partial charge in [-0.25, -0.2) is 0 Å². The van der Waals surface area contributed by atoms with Crippen molar-refractivity contribution in [2.75, 3.05) is 5.33 Å². The van der Waals surface area contributed by atoms with E-state index in [4.69, 9.17) is 0 Å². The van der Waals surface area contributed by atoms with Crippen LogP contribution in [0, 0.1) is 0 Å². The molecule has 0 unspecified atom stereocenters. The van der Waals surface area contributed by atoms with Gasteiger partial charge < -0.3 is 5.11 Å². The summed E-state index contributed by atoms with van der Waals surface area (Å²) in [5.41, 5.74) is 1.15. The van der Waals surface area contributed by atoms with Crippen LogP contribution in [0.1, 0.15) is 0 Å². The van der Waals surface area contributed by atoms with Crippen molar-refractivity contribution >= 4 is 26.8 Å². The largest absolute Gasteiger partial charge is 0.386 e. The molecule has 2 aromatic rings. The highest BCUT2D eigenvalue weighted by atomic mass is 79.9. The number of hydrogen-bond acceptors (Lipinski definition) is 1. The molecule has 1 aromatic heterocycles. The molecule has 1 aromatic carbocycles. The summed E-state index contributed by atoms with van der Waals surface area (Å²) < 4.78 is 2.07. The molecule has 78 valence electrons. The zero-order valence-electron chi connectivity index (χ0n) is 8.31. The third-order valence-electron chi connectivity index (χ3n) is 2.37. The van der Waals surface area contributed by atoms with Crippen molar-refractivity contribution < 1.29 is 9.67 Å². The highest BCUT2D eigenvalue weighted by molar-refractivity contribution is 9.09. The Morgan fingerprint density at radius 1 is 1.20 bits per heavy atom. The van der Waals surface area contributed by atoms with Gasteiger partial charge in [-0.05, 0) is 12.1 Å². The molecule has 0 bridgehead atoms. The number of nitrogens with zero attached hydrogens (tertiary/aromatic N) is 1. The first-order valence-corrected chi connectivity index (χ1v) is 6.04. The summed E-state index contributed by atoms with van der Waals surface area (Å²) in [5, 5.41) is 11.4. The second-order valence-corrected chi connectivity index (χ2v) is 4.17. The van der Waals surface area contributed by atoms with E-state index in [1.807, 2.05) is 24.4 Å². The first kappa shape index (κ1) is 10.6. The number of aromatic nitrogens is 1. The Bertz CT molecular complexity index is 453. The second-order valence-electron chi connectivity index (χ2n) is 3.53. The lowest BCUT2D eigenvalue weighted by atomic mass is 10.2. The van der Waals surface area contributed by atoms with E-state index >= 15 is 0 Å². The zero-order chi connectivity index (χ0) is 10.7. The standard InChI is InChI=1S/C12H13BrNO/c13-8-11(15)9-14-7-3-5-10-4-1-2-6-12(10)14/h1-7,11,15H,8-9H2/q+1/t11-/m1/s1. The molecule has 0 aliphatic carbocycles. The number of benzene rings is 1. The number of pyridine rings is 1. The van der Waals surface area contributed by atoms with Gasteiger partial charge in [0.05, 0.1) is 0 Å². The second kappa shape index (κ2) is 4.73. The minimum atomic E-state index is -0.346. The molecule has 1 N–H and O–H groups in total. The molecule has 0 saturated heterocycles. The van der Waals surface area contributed by atoms with Crippen LogP contribution in [-0.2, 0) is 6.54 Å². The fourth-order valence-corrected chi connectivity index (χ4v) is 1.86. The van der Waals surface area contributed by atoms with Crippen molar-refractivity contribution in [1.29, 1.82) is 0 Å². The molecule has 1 heterocycles. The van der Waals surface area contributed by atoms with E-state index < -0.39 is 0 Å². The Balaban J connectivity index is 2.42. The monoisotopic (exact) mass is 266 g/mol. The first-order valence-electron chi connectivity index (χ1n) is 4.92. The Hall–Kier alpha value is -0.930. The van der Waals surface area contributed by atoms with E-state index in [1.165, 1.54) is 5.39 Å². The van der Waals surface area contributed by atoms with Crippen LogP contribution in [0.5, 0.6) is 0 Å². The van der Waals surface area contributed by atoms with Gasteiger partial charge in [0, 0.05) is 22.8 Å². The van der Waals surface area contributed by atoms with Crippen molar-refractivity contribution in [2.45, 2.75) is 12.6 Å². The van der Waals surface area contributed by atoms with Gasteiger partial charge >= 0.3 is 0 Å². The summed E-state index contributed by atoms with van der Waals surface area (Å²) in [6, 6.07) is 12.3. The first-order chi connectivity index (χ1) is 7.31. The number of hydrogen-bond donors (Lipinski definition) is 1. The van der Waals surface area contributed by atoms with Crippen LogP contribution in [0.2, 0.25) is 0 Å². The van der Waals surface area contributed by atoms with Gasteiger partial charge in [0.1, 0.15) is 6.10 Å². The van der Waals surface area contributed by atoms with Gasteiger partial charge in [0.15, 0.2) is 12.7 Å². The van der Waals surface area contributed by atoms with Crippen molar-refractivity contribution in [2.24, 2.45) is 0 Å². The number of aliphatic hydroxyl groups is 1. The van der Waals surface area contributed by atoms with Gasteiger partial charge in [-0.2, -0.15) is 4.57 Å². The molecule has 0 fully saturated rings. The summed E-state index contributed by atoms with van der Waals surface area (Å²) >= 11 is 3.27. The number of para-hydroxylation sites is 1. The number of halogens is 1. The minimum absolute atomic E-state index is 0.346. The lowest BCUT2D eigenvalue weighted by molar-refractivity contribution is -0.677. The van der Waals surface area contributed by atoms with Gasteiger partial charge in [0.2, 0.25) is 5.52 Å². The summed E-state index contributed by atoms with van der Waals surface area (Å²) in [6.07, 6.45) is 1.65. The predicted octanol–water partition coefficient (Wildman–Crippen LogP) is 1.88. The molecule has 0 spiro atoms. The average Bonchev–Trinajstić information content (AvgIpc) is 2.29. The third-order valence-corrected chi connectivity index (χ3v) is 3.12. The SMILES string of the molecule is O[C@H](CBr)C[n+]1cccc2ccccc21. The highest BCUT2D eigenvalue weighted by Gasteiger charge is 2.12. The van der Waals surface area contributed by atoms with Crippen molar-refractivity contribution in [3.63, 3.8) is 0 Å². The van der Waals surface area contributed by atoms with Crippen molar-refractivity contribution in [3.8, 4) is 0 Å². The number of alkyl halides is 1. The van der Waals surface area contributed by atoms with Crippen LogP contribution in [-0.4, -0.2) is 16.5 Å². The number of aliphatic hydroxyl groups excluding tert-OH is 1. The molecule has 0 amide bonds. The molecular formula is C12H13BrNO+. The van der Waals surface area contributed by atoms with Crippen LogP contribution in [0.15, 0.2) is 42.6 Å². The normalized spacial score (nSPS) is 12.9. The maximum atomic E-state index is 9.60. The van der Waals surface area contributed by atoms with E-state index in [9.17, 15) is 5.11 Å². The molecule has 0 aliphatic heterocycles.